The molecule has 0 bridgehead atoms. The van der Waals surface area contributed by atoms with Gasteiger partial charge in [0.15, 0.2) is 18.2 Å². The Morgan fingerprint density at radius 1 is 1.05 bits per heavy atom. The molecule has 1 aliphatic heterocycles. The van der Waals surface area contributed by atoms with E-state index in [1.165, 1.54) is 5.56 Å². The van der Waals surface area contributed by atoms with Crippen molar-refractivity contribution in [2.45, 2.75) is 26.6 Å². The number of hydrogen-bond donors (Lipinski definition) is 2. The fourth-order valence-electron chi connectivity index (χ4n) is 4.69. The summed E-state index contributed by atoms with van der Waals surface area (Å²) in [6.45, 7) is 5.97. The molecular formula is C28H31N9O4. The second kappa shape index (κ2) is 11.1. The smallest absolute Gasteiger partial charge is 0.327 e. The largest absolute Gasteiger partial charge is 0.441 e. The van der Waals surface area contributed by atoms with Crippen LogP contribution in [0.5, 0.6) is 0 Å². The third kappa shape index (κ3) is 5.42. The normalized spacial score (nSPS) is 14.5. The highest BCUT2D eigenvalue weighted by molar-refractivity contribution is 5.75. The first-order valence-electron chi connectivity index (χ1n) is 13.3. The van der Waals surface area contributed by atoms with E-state index in [-0.39, 0.29) is 6.73 Å². The first kappa shape index (κ1) is 26.6. The molecule has 1 aliphatic rings. The lowest BCUT2D eigenvalue weighted by Crippen LogP contribution is -2.37. The Morgan fingerprint density at radius 2 is 1.85 bits per heavy atom. The minimum atomic E-state index is -1.09. The molecule has 5 heterocycles. The summed E-state index contributed by atoms with van der Waals surface area (Å²) < 4.78 is 15.9. The Morgan fingerprint density at radius 3 is 2.63 bits per heavy atom. The maximum Gasteiger partial charge on any atom is 0.327 e. The van der Waals surface area contributed by atoms with Crippen LogP contribution in [0.2, 0.25) is 0 Å². The van der Waals surface area contributed by atoms with Gasteiger partial charge in [0.05, 0.1) is 25.5 Å². The van der Waals surface area contributed by atoms with E-state index in [0.29, 0.717) is 36.1 Å². The molecule has 0 amide bonds. The van der Waals surface area contributed by atoms with Crippen molar-refractivity contribution >= 4 is 17.4 Å². The number of nitrogens with two attached hydrogens (primary N) is 1. The molecule has 3 N–H and O–H groups in total. The topological polar surface area (TPSA) is 151 Å². The van der Waals surface area contributed by atoms with E-state index in [9.17, 15) is 4.79 Å². The highest BCUT2D eigenvalue weighted by Gasteiger charge is 2.21. The van der Waals surface area contributed by atoms with Gasteiger partial charge in [-0.15, -0.1) is 0 Å². The van der Waals surface area contributed by atoms with Crippen molar-refractivity contribution in [2.24, 2.45) is 5.73 Å². The average molecular weight is 558 g/mol. The third-order valence-corrected chi connectivity index (χ3v) is 6.94. The number of morpholine rings is 1. The highest BCUT2D eigenvalue weighted by Crippen LogP contribution is 2.26. The van der Waals surface area contributed by atoms with Gasteiger partial charge >= 0.3 is 5.97 Å². The summed E-state index contributed by atoms with van der Waals surface area (Å²) in [7, 11) is 0. The zero-order valence-corrected chi connectivity index (χ0v) is 22.8. The van der Waals surface area contributed by atoms with Crippen LogP contribution in [-0.4, -0.2) is 84.2 Å². The third-order valence-electron chi connectivity index (χ3n) is 6.94. The summed E-state index contributed by atoms with van der Waals surface area (Å²) in [6.07, 6.45) is 1.91. The molecule has 212 valence electrons. The lowest BCUT2D eigenvalue weighted by Gasteiger charge is -2.29. The van der Waals surface area contributed by atoms with Crippen LogP contribution in [0.4, 0.5) is 5.82 Å². The number of aromatic nitrogens is 7. The first-order chi connectivity index (χ1) is 19.9. The monoisotopic (exact) mass is 557 g/mol. The van der Waals surface area contributed by atoms with Crippen LogP contribution in [-0.2, 0) is 21.0 Å². The zero-order chi connectivity index (χ0) is 28.5. The first-order valence-corrected chi connectivity index (χ1v) is 13.3. The van der Waals surface area contributed by atoms with Crippen LogP contribution in [0.1, 0.15) is 11.3 Å². The Hall–Kier alpha value is -4.59. The van der Waals surface area contributed by atoms with Crippen molar-refractivity contribution in [3.8, 4) is 28.5 Å². The second-order valence-corrected chi connectivity index (χ2v) is 9.94. The van der Waals surface area contributed by atoms with E-state index >= 15 is 0 Å². The van der Waals surface area contributed by atoms with Gasteiger partial charge in [0.25, 0.3) is 0 Å². The Balaban J connectivity index is 1.36. The number of esters is 1. The minimum absolute atomic E-state index is 0.129. The van der Waals surface area contributed by atoms with E-state index in [1.54, 1.807) is 9.36 Å². The molecule has 1 saturated heterocycles. The summed E-state index contributed by atoms with van der Waals surface area (Å²) in [4.78, 5) is 19.0. The molecule has 6 rings (SSSR count). The molecule has 1 aromatic carbocycles. The molecule has 0 saturated carbocycles. The summed E-state index contributed by atoms with van der Waals surface area (Å²) in [5, 5.41) is 23.3. The van der Waals surface area contributed by atoms with E-state index in [1.807, 2.05) is 54.0 Å². The number of rotatable bonds is 8. The van der Waals surface area contributed by atoms with Gasteiger partial charge in [0.2, 0.25) is 0 Å². The number of fused-ring (bicyclic) bond motifs is 1. The lowest BCUT2D eigenvalue weighted by molar-refractivity contribution is -0.150. The van der Waals surface area contributed by atoms with Crippen molar-refractivity contribution in [3.63, 3.8) is 0 Å². The van der Waals surface area contributed by atoms with Gasteiger partial charge in [0.1, 0.15) is 23.2 Å². The average Bonchev–Trinajstić information content (AvgIpc) is 3.74. The SMILES string of the molecule is Cc1cccc(-c2ccn(-c3cc(N4CCOCC4)n4nc(-c5cc(C)n(COC(=O)[C@@H](N)CO)n5)cc4n3)n2)c1. The van der Waals surface area contributed by atoms with Crippen molar-refractivity contribution in [2.75, 3.05) is 37.8 Å². The summed E-state index contributed by atoms with van der Waals surface area (Å²) >= 11 is 0. The van der Waals surface area contributed by atoms with Crippen LogP contribution < -0.4 is 10.6 Å². The van der Waals surface area contributed by atoms with Crippen molar-refractivity contribution in [1.29, 1.82) is 0 Å². The van der Waals surface area contributed by atoms with Gasteiger partial charge in [0, 0.05) is 42.7 Å². The van der Waals surface area contributed by atoms with Crippen molar-refractivity contribution in [1.82, 2.24) is 34.2 Å². The van der Waals surface area contributed by atoms with Gasteiger partial charge in [-0.25, -0.2) is 14.3 Å². The maximum atomic E-state index is 11.9. The van der Waals surface area contributed by atoms with Crippen LogP contribution >= 0.6 is 0 Å². The standard InChI is InChI=1S/C28H31N9O4/c1-18-4-3-5-20(12-18)22-6-7-35(31-22)25-15-27(34-8-10-40-11-9-34)37-26(30-25)14-24(33-37)23-13-19(2)36(32-23)17-41-28(39)21(29)16-38/h3-7,12-15,21,38H,8-11,16-17,29H2,1-2H3/t21-/m0/s1. The Kier molecular flexibility index (Phi) is 7.22. The lowest BCUT2D eigenvalue weighted by atomic mass is 10.1. The molecule has 0 spiro atoms. The quantitative estimate of drug-likeness (QED) is 0.270. The summed E-state index contributed by atoms with van der Waals surface area (Å²) in [5.74, 6) is 0.834. The Bertz CT molecular complexity index is 1700. The number of aliphatic hydroxyl groups excluding tert-OH is 1. The van der Waals surface area contributed by atoms with Gasteiger partial charge in [-0.2, -0.15) is 19.8 Å². The van der Waals surface area contributed by atoms with E-state index in [2.05, 4.69) is 29.1 Å². The van der Waals surface area contributed by atoms with Gasteiger partial charge in [-0.3, -0.25) is 4.79 Å². The van der Waals surface area contributed by atoms with E-state index < -0.39 is 18.6 Å². The number of anilines is 1. The number of hydrogen-bond acceptors (Lipinski definition) is 10. The molecule has 13 heteroatoms. The predicted octanol–water partition coefficient (Wildman–Crippen LogP) is 1.72. The Labute approximate surface area is 235 Å². The number of nitrogens with zero attached hydrogens (tertiary/aromatic N) is 8. The fraction of sp³-hybridized carbons (Fsp3) is 0.321. The molecule has 4 aromatic heterocycles. The molecule has 5 aromatic rings. The zero-order valence-electron chi connectivity index (χ0n) is 22.8. The number of aliphatic hydroxyl groups is 1. The maximum absolute atomic E-state index is 11.9. The fourth-order valence-corrected chi connectivity index (χ4v) is 4.69. The van der Waals surface area contributed by atoms with Crippen LogP contribution in [0.25, 0.3) is 34.1 Å². The van der Waals surface area contributed by atoms with Crippen molar-refractivity contribution in [3.05, 3.63) is 66.0 Å². The number of carbonyl (C=O) groups is 1. The van der Waals surface area contributed by atoms with Crippen LogP contribution in [0.3, 0.4) is 0 Å². The molecule has 1 atom stereocenters. The van der Waals surface area contributed by atoms with Crippen molar-refractivity contribution < 1.29 is 19.4 Å². The molecule has 13 nitrogen and oxygen atoms in total. The highest BCUT2D eigenvalue weighted by atomic mass is 16.5. The molecule has 0 radical (unpaired) electrons. The predicted molar refractivity (Wildman–Crippen MR) is 150 cm³/mol. The van der Waals surface area contributed by atoms with Gasteiger partial charge < -0.3 is 25.2 Å². The molecule has 1 fully saturated rings. The number of benzene rings is 1. The molecule has 41 heavy (non-hydrogen) atoms. The second-order valence-electron chi connectivity index (χ2n) is 9.94. The van der Waals surface area contributed by atoms with E-state index in [4.69, 9.17) is 35.5 Å². The summed E-state index contributed by atoms with van der Waals surface area (Å²) in [5.41, 5.74) is 11.2. The number of carbonyl (C=O) groups excluding carboxylic acids is 1. The number of aryl methyl sites for hydroxylation is 2. The molecule has 0 aliphatic carbocycles. The molecule has 0 unspecified atom stereocenters. The molecular weight excluding hydrogens is 526 g/mol. The van der Waals surface area contributed by atoms with Crippen LogP contribution in [0, 0.1) is 13.8 Å². The van der Waals surface area contributed by atoms with Gasteiger partial charge in [-0.05, 0) is 32.0 Å². The minimum Gasteiger partial charge on any atom is -0.441 e. The van der Waals surface area contributed by atoms with Gasteiger partial charge in [-0.1, -0.05) is 23.8 Å². The number of ether oxygens (including phenoxy) is 2. The summed E-state index contributed by atoms with van der Waals surface area (Å²) in [6, 6.07) is 14.8. The van der Waals surface area contributed by atoms with E-state index in [0.717, 1.165) is 35.9 Å². The van der Waals surface area contributed by atoms with Crippen LogP contribution in [0.15, 0.2) is 54.7 Å².